The van der Waals surface area contributed by atoms with Crippen molar-refractivity contribution in [2.75, 3.05) is 13.1 Å². The molecule has 3 heteroatoms. The summed E-state index contributed by atoms with van der Waals surface area (Å²) in [4.78, 5) is 14.1. The topological polar surface area (TPSA) is 46.3 Å². The molecule has 2 saturated carbocycles. The Labute approximate surface area is 98.4 Å². The van der Waals surface area contributed by atoms with E-state index in [-0.39, 0.29) is 11.9 Å². The maximum atomic E-state index is 12.1. The summed E-state index contributed by atoms with van der Waals surface area (Å²) in [5.74, 6) is 1.70. The Hall–Kier alpha value is -0.570. The SMILES string of the molecule is CCCN(CC1CC1)C(=O)CC(N)C1CC1. The van der Waals surface area contributed by atoms with E-state index in [0.717, 1.165) is 25.4 Å². The van der Waals surface area contributed by atoms with Gasteiger partial charge in [0.05, 0.1) is 0 Å². The lowest BCUT2D eigenvalue weighted by atomic mass is 10.1. The van der Waals surface area contributed by atoms with Gasteiger partial charge in [-0.2, -0.15) is 0 Å². The van der Waals surface area contributed by atoms with Crippen molar-refractivity contribution in [3.05, 3.63) is 0 Å². The van der Waals surface area contributed by atoms with Crippen molar-refractivity contribution in [2.24, 2.45) is 17.6 Å². The van der Waals surface area contributed by atoms with Gasteiger partial charge >= 0.3 is 0 Å². The Balaban J connectivity index is 1.77. The van der Waals surface area contributed by atoms with Crippen LogP contribution >= 0.6 is 0 Å². The van der Waals surface area contributed by atoms with Crippen molar-refractivity contribution >= 4 is 5.91 Å². The van der Waals surface area contributed by atoms with Crippen LogP contribution < -0.4 is 5.73 Å². The second-order valence-corrected chi connectivity index (χ2v) is 5.49. The van der Waals surface area contributed by atoms with Gasteiger partial charge in [0.2, 0.25) is 5.91 Å². The van der Waals surface area contributed by atoms with Gasteiger partial charge in [-0.15, -0.1) is 0 Å². The Bertz CT molecular complexity index is 246. The quantitative estimate of drug-likeness (QED) is 0.716. The summed E-state index contributed by atoms with van der Waals surface area (Å²) in [6.07, 6.45) is 6.69. The van der Waals surface area contributed by atoms with E-state index in [1.54, 1.807) is 0 Å². The summed E-state index contributed by atoms with van der Waals surface area (Å²) in [7, 11) is 0. The number of hydrogen-bond acceptors (Lipinski definition) is 2. The molecule has 2 aliphatic rings. The number of carbonyl (C=O) groups is 1. The van der Waals surface area contributed by atoms with E-state index < -0.39 is 0 Å². The van der Waals surface area contributed by atoms with Crippen LogP contribution in [0, 0.1) is 11.8 Å². The van der Waals surface area contributed by atoms with E-state index in [0.29, 0.717) is 12.3 Å². The maximum absolute atomic E-state index is 12.1. The van der Waals surface area contributed by atoms with E-state index in [1.807, 2.05) is 4.90 Å². The average molecular weight is 224 g/mol. The van der Waals surface area contributed by atoms with Gasteiger partial charge in [0, 0.05) is 25.6 Å². The molecule has 0 bridgehead atoms. The first-order valence-corrected chi connectivity index (χ1v) is 6.74. The number of carbonyl (C=O) groups excluding carboxylic acids is 1. The van der Waals surface area contributed by atoms with Crippen molar-refractivity contribution in [2.45, 2.75) is 51.5 Å². The minimum Gasteiger partial charge on any atom is -0.342 e. The summed E-state index contributed by atoms with van der Waals surface area (Å²) < 4.78 is 0. The van der Waals surface area contributed by atoms with Crippen LogP contribution in [0.1, 0.15) is 45.4 Å². The zero-order valence-corrected chi connectivity index (χ0v) is 10.3. The molecule has 0 aliphatic heterocycles. The normalized spacial score (nSPS) is 21.9. The van der Waals surface area contributed by atoms with E-state index in [4.69, 9.17) is 5.73 Å². The molecule has 1 unspecified atom stereocenters. The third-order valence-electron chi connectivity index (χ3n) is 3.66. The van der Waals surface area contributed by atoms with Crippen molar-refractivity contribution in [3.8, 4) is 0 Å². The Kier molecular flexibility index (Phi) is 3.85. The van der Waals surface area contributed by atoms with Crippen LogP contribution in [-0.2, 0) is 4.79 Å². The van der Waals surface area contributed by atoms with Gasteiger partial charge < -0.3 is 10.6 Å². The molecule has 0 aromatic rings. The largest absolute Gasteiger partial charge is 0.342 e. The van der Waals surface area contributed by atoms with Crippen molar-refractivity contribution in [1.82, 2.24) is 4.90 Å². The molecule has 0 saturated heterocycles. The van der Waals surface area contributed by atoms with E-state index in [1.165, 1.54) is 25.7 Å². The molecule has 0 aromatic heterocycles. The first-order chi connectivity index (χ1) is 7.70. The third kappa shape index (κ3) is 3.48. The zero-order chi connectivity index (χ0) is 11.5. The number of amides is 1. The highest BCUT2D eigenvalue weighted by Crippen LogP contribution is 2.33. The molecule has 2 N–H and O–H groups in total. The fraction of sp³-hybridized carbons (Fsp3) is 0.923. The van der Waals surface area contributed by atoms with E-state index in [2.05, 4.69) is 6.92 Å². The summed E-state index contributed by atoms with van der Waals surface area (Å²) in [6.45, 7) is 4.02. The molecule has 2 rings (SSSR count). The zero-order valence-electron chi connectivity index (χ0n) is 10.3. The van der Waals surface area contributed by atoms with E-state index >= 15 is 0 Å². The lowest BCUT2D eigenvalue weighted by Crippen LogP contribution is -2.38. The molecule has 92 valence electrons. The second kappa shape index (κ2) is 5.17. The summed E-state index contributed by atoms with van der Waals surface area (Å²) in [5.41, 5.74) is 6.01. The molecule has 0 spiro atoms. The standard InChI is InChI=1S/C13H24N2O/c1-2-7-15(9-10-3-4-10)13(16)8-12(14)11-5-6-11/h10-12H,2-9,14H2,1H3. The molecule has 1 atom stereocenters. The number of nitrogens with two attached hydrogens (primary N) is 1. The third-order valence-corrected chi connectivity index (χ3v) is 3.66. The first kappa shape index (κ1) is 11.9. The molecule has 16 heavy (non-hydrogen) atoms. The number of rotatable bonds is 7. The predicted molar refractivity (Wildman–Crippen MR) is 64.9 cm³/mol. The smallest absolute Gasteiger partial charge is 0.224 e. The van der Waals surface area contributed by atoms with Gasteiger partial charge in [0.1, 0.15) is 0 Å². The number of nitrogens with zero attached hydrogens (tertiary/aromatic N) is 1. The summed E-state index contributed by atoms with van der Waals surface area (Å²) in [5, 5.41) is 0. The fourth-order valence-corrected chi connectivity index (χ4v) is 2.22. The highest BCUT2D eigenvalue weighted by atomic mass is 16.2. The van der Waals surface area contributed by atoms with Crippen molar-refractivity contribution in [3.63, 3.8) is 0 Å². The second-order valence-electron chi connectivity index (χ2n) is 5.49. The minimum atomic E-state index is 0.117. The molecule has 0 radical (unpaired) electrons. The Morgan fingerprint density at radius 1 is 1.38 bits per heavy atom. The first-order valence-electron chi connectivity index (χ1n) is 6.74. The molecule has 0 aromatic carbocycles. The molecule has 2 fully saturated rings. The van der Waals surface area contributed by atoms with Gasteiger partial charge in [-0.1, -0.05) is 6.92 Å². The molecule has 2 aliphatic carbocycles. The lowest BCUT2D eigenvalue weighted by molar-refractivity contribution is -0.132. The molecule has 3 nitrogen and oxygen atoms in total. The van der Waals surface area contributed by atoms with Crippen molar-refractivity contribution in [1.29, 1.82) is 0 Å². The Morgan fingerprint density at radius 2 is 2.06 bits per heavy atom. The molecular weight excluding hydrogens is 200 g/mol. The Morgan fingerprint density at radius 3 is 2.56 bits per heavy atom. The highest BCUT2D eigenvalue weighted by molar-refractivity contribution is 5.77. The van der Waals surface area contributed by atoms with Crippen LogP contribution in [0.25, 0.3) is 0 Å². The minimum absolute atomic E-state index is 0.117. The summed E-state index contributed by atoms with van der Waals surface area (Å²) in [6, 6.07) is 0.117. The fourth-order valence-electron chi connectivity index (χ4n) is 2.22. The van der Waals surface area contributed by atoms with Crippen LogP contribution in [0.2, 0.25) is 0 Å². The maximum Gasteiger partial charge on any atom is 0.224 e. The van der Waals surface area contributed by atoms with Gasteiger partial charge in [0.15, 0.2) is 0 Å². The number of hydrogen-bond donors (Lipinski definition) is 1. The molecular formula is C13H24N2O. The van der Waals surface area contributed by atoms with Crippen LogP contribution in [0.3, 0.4) is 0 Å². The van der Waals surface area contributed by atoms with Gasteiger partial charge in [-0.05, 0) is 43.9 Å². The van der Waals surface area contributed by atoms with Crippen LogP contribution in [0.15, 0.2) is 0 Å². The van der Waals surface area contributed by atoms with Crippen molar-refractivity contribution < 1.29 is 4.79 Å². The lowest BCUT2D eigenvalue weighted by Gasteiger charge is -2.23. The van der Waals surface area contributed by atoms with Gasteiger partial charge in [0.25, 0.3) is 0 Å². The monoisotopic (exact) mass is 224 g/mol. The summed E-state index contributed by atoms with van der Waals surface area (Å²) >= 11 is 0. The van der Waals surface area contributed by atoms with Crippen LogP contribution in [0.4, 0.5) is 0 Å². The molecule has 0 heterocycles. The average Bonchev–Trinajstić information content (AvgIpc) is 3.11. The van der Waals surface area contributed by atoms with Crippen LogP contribution in [-0.4, -0.2) is 29.9 Å². The predicted octanol–water partition coefficient (Wildman–Crippen LogP) is 1.76. The highest BCUT2D eigenvalue weighted by Gasteiger charge is 2.32. The van der Waals surface area contributed by atoms with Gasteiger partial charge in [-0.3, -0.25) is 4.79 Å². The van der Waals surface area contributed by atoms with Gasteiger partial charge in [-0.25, -0.2) is 0 Å². The van der Waals surface area contributed by atoms with E-state index in [9.17, 15) is 4.79 Å². The van der Waals surface area contributed by atoms with Crippen LogP contribution in [0.5, 0.6) is 0 Å². The molecule has 1 amide bonds.